The van der Waals surface area contributed by atoms with E-state index in [0.29, 0.717) is 12.5 Å². The molecule has 0 saturated heterocycles. The summed E-state index contributed by atoms with van der Waals surface area (Å²) in [7, 11) is -3.67. The summed E-state index contributed by atoms with van der Waals surface area (Å²) in [5.74, 6) is -0.155. The number of sulfone groups is 1. The Morgan fingerprint density at radius 3 is 2.52 bits per heavy atom. The summed E-state index contributed by atoms with van der Waals surface area (Å²) in [6, 6.07) is 5.57. The van der Waals surface area contributed by atoms with Gasteiger partial charge in [0.2, 0.25) is 0 Å². The van der Waals surface area contributed by atoms with Gasteiger partial charge < -0.3 is 5.32 Å². The van der Waals surface area contributed by atoms with E-state index in [9.17, 15) is 12.8 Å². The Kier molecular flexibility index (Phi) is 5.04. The number of benzene rings is 1. The molecule has 1 aromatic rings. The van der Waals surface area contributed by atoms with Gasteiger partial charge in [0.1, 0.15) is 10.7 Å². The van der Waals surface area contributed by atoms with E-state index in [1.54, 1.807) is 6.07 Å². The zero-order valence-electron chi connectivity index (χ0n) is 12.8. The summed E-state index contributed by atoms with van der Waals surface area (Å²) < 4.78 is 39.8. The second-order valence-corrected chi connectivity index (χ2v) is 8.23. The van der Waals surface area contributed by atoms with Crippen molar-refractivity contribution < 1.29 is 12.8 Å². The molecule has 1 aromatic carbocycles. The summed E-state index contributed by atoms with van der Waals surface area (Å²) in [6.45, 7) is 6.79. The lowest BCUT2D eigenvalue weighted by Gasteiger charge is -2.39. The molecule has 0 aliphatic heterocycles. The third-order valence-corrected chi connectivity index (χ3v) is 6.81. The number of nitrogens with one attached hydrogen (secondary N) is 1. The van der Waals surface area contributed by atoms with Crippen LogP contribution in [0.3, 0.4) is 0 Å². The predicted molar refractivity (Wildman–Crippen MR) is 82.4 cm³/mol. The van der Waals surface area contributed by atoms with Crippen molar-refractivity contribution in [3.8, 4) is 0 Å². The minimum Gasteiger partial charge on any atom is -0.313 e. The average Bonchev–Trinajstić information content (AvgIpc) is 2.38. The monoisotopic (exact) mass is 313 g/mol. The van der Waals surface area contributed by atoms with E-state index >= 15 is 0 Å². The van der Waals surface area contributed by atoms with Crippen LogP contribution in [0.4, 0.5) is 4.39 Å². The van der Waals surface area contributed by atoms with Crippen LogP contribution in [0.15, 0.2) is 29.2 Å². The topological polar surface area (TPSA) is 46.2 Å². The molecule has 4 atom stereocenters. The van der Waals surface area contributed by atoms with Gasteiger partial charge in [-0.05, 0) is 43.4 Å². The molecule has 0 amide bonds. The molecule has 1 aliphatic carbocycles. The molecule has 118 valence electrons. The van der Waals surface area contributed by atoms with E-state index in [1.807, 2.05) is 13.8 Å². The summed E-state index contributed by atoms with van der Waals surface area (Å²) in [5, 5.41) is 2.72. The van der Waals surface area contributed by atoms with E-state index in [4.69, 9.17) is 0 Å². The molecule has 1 fully saturated rings. The van der Waals surface area contributed by atoms with Gasteiger partial charge in [-0.15, -0.1) is 0 Å². The van der Waals surface area contributed by atoms with Crippen LogP contribution >= 0.6 is 0 Å². The third kappa shape index (κ3) is 3.29. The molecule has 4 unspecified atom stereocenters. The fraction of sp³-hybridized carbons (Fsp3) is 0.625. The van der Waals surface area contributed by atoms with Crippen molar-refractivity contribution in [3.63, 3.8) is 0 Å². The van der Waals surface area contributed by atoms with Crippen molar-refractivity contribution in [2.75, 3.05) is 6.54 Å². The van der Waals surface area contributed by atoms with E-state index in [1.165, 1.54) is 18.2 Å². The standard InChI is InChI=1S/C16H24FNO2S/c1-4-18-14-10-11(2)9-12(3)16(14)21(19,20)15-8-6-5-7-13(15)17/h5-8,11-12,14,16,18H,4,9-10H2,1-3H3. The molecule has 1 saturated carbocycles. The van der Waals surface area contributed by atoms with Gasteiger partial charge in [-0.3, -0.25) is 0 Å². The Labute approximate surface area is 126 Å². The van der Waals surface area contributed by atoms with Gasteiger partial charge in [0, 0.05) is 6.04 Å². The molecule has 1 N–H and O–H groups in total. The van der Waals surface area contributed by atoms with Crippen LogP contribution in [0.25, 0.3) is 0 Å². The first-order valence-corrected chi connectivity index (χ1v) is 9.14. The highest BCUT2D eigenvalue weighted by Gasteiger charge is 2.43. The van der Waals surface area contributed by atoms with Crippen molar-refractivity contribution in [2.45, 2.75) is 49.8 Å². The lowest BCUT2D eigenvalue weighted by atomic mass is 9.80. The first-order chi connectivity index (χ1) is 9.87. The fourth-order valence-corrected chi connectivity index (χ4v) is 5.90. The van der Waals surface area contributed by atoms with Crippen molar-refractivity contribution in [3.05, 3.63) is 30.1 Å². The van der Waals surface area contributed by atoms with Crippen LogP contribution < -0.4 is 5.32 Å². The fourth-order valence-electron chi connectivity index (χ4n) is 3.64. The molecule has 0 bridgehead atoms. The summed E-state index contributed by atoms with van der Waals surface area (Å²) in [6.07, 6.45) is 1.68. The maximum absolute atomic E-state index is 14.0. The molecule has 3 nitrogen and oxygen atoms in total. The van der Waals surface area contributed by atoms with Gasteiger partial charge in [0.25, 0.3) is 0 Å². The van der Waals surface area contributed by atoms with Gasteiger partial charge in [-0.25, -0.2) is 12.8 Å². The molecule has 0 aromatic heterocycles. The first-order valence-electron chi connectivity index (χ1n) is 7.59. The highest BCUT2D eigenvalue weighted by molar-refractivity contribution is 7.92. The molecular weight excluding hydrogens is 289 g/mol. The highest BCUT2D eigenvalue weighted by atomic mass is 32.2. The van der Waals surface area contributed by atoms with Gasteiger partial charge in [-0.1, -0.05) is 32.9 Å². The van der Waals surface area contributed by atoms with Crippen LogP contribution in [0.5, 0.6) is 0 Å². The van der Waals surface area contributed by atoms with Crippen LogP contribution in [0.1, 0.15) is 33.6 Å². The zero-order valence-corrected chi connectivity index (χ0v) is 13.7. The zero-order chi connectivity index (χ0) is 15.6. The summed E-state index contributed by atoms with van der Waals surface area (Å²) in [4.78, 5) is -0.167. The molecule has 1 aliphatic rings. The van der Waals surface area contributed by atoms with E-state index < -0.39 is 20.9 Å². The Balaban J connectivity index is 2.43. The Hall–Kier alpha value is -0.940. The second-order valence-electron chi connectivity index (χ2n) is 6.16. The van der Waals surface area contributed by atoms with Crippen LogP contribution in [-0.4, -0.2) is 26.3 Å². The largest absolute Gasteiger partial charge is 0.313 e. The first kappa shape index (κ1) is 16.4. The van der Waals surface area contributed by atoms with Crippen LogP contribution in [-0.2, 0) is 9.84 Å². The molecule has 5 heteroatoms. The molecule has 21 heavy (non-hydrogen) atoms. The molecule has 0 radical (unpaired) electrons. The molecule has 2 rings (SSSR count). The van der Waals surface area contributed by atoms with Crippen LogP contribution in [0.2, 0.25) is 0 Å². The van der Waals surface area contributed by atoms with Crippen molar-refractivity contribution in [2.24, 2.45) is 11.8 Å². The van der Waals surface area contributed by atoms with Gasteiger partial charge in [-0.2, -0.15) is 0 Å². The molecular formula is C16H24FNO2S. The Bertz CT molecular complexity index is 588. The maximum Gasteiger partial charge on any atom is 0.185 e. The molecule has 0 spiro atoms. The normalized spacial score (nSPS) is 30.3. The number of rotatable bonds is 4. The van der Waals surface area contributed by atoms with Crippen molar-refractivity contribution >= 4 is 9.84 Å². The van der Waals surface area contributed by atoms with Gasteiger partial charge in [0.05, 0.1) is 5.25 Å². The lowest BCUT2D eigenvalue weighted by molar-refractivity contribution is 0.243. The smallest absolute Gasteiger partial charge is 0.185 e. The van der Waals surface area contributed by atoms with E-state index in [2.05, 4.69) is 12.2 Å². The third-order valence-electron chi connectivity index (χ3n) is 4.36. The minimum absolute atomic E-state index is 0.0161. The minimum atomic E-state index is -3.67. The SMILES string of the molecule is CCNC1CC(C)CC(C)C1S(=O)(=O)c1ccccc1F. The summed E-state index contributed by atoms with van der Waals surface area (Å²) in [5.41, 5.74) is 0. The van der Waals surface area contributed by atoms with Crippen molar-refractivity contribution in [1.82, 2.24) is 5.32 Å². The Morgan fingerprint density at radius 2 is 1.90 bits per heavy atom. The van der Waals surface area contributed by atoms with Crippen LogP contribution in [0, 0.1) is 17.7 Å². The second kappa shape index (κ2) is 6.44. The maximum atomic E-state index is 14.0. The number of hydrogen-bond acceptors (Lipinski definition) is 3. The quantitative estimate of drug-likeness (QED) is 0.929. The average molecular weight is 313 g/mol. The number of halogens is 1. The predicted octanol–water partition coefficient (Wildman–Crippen LogP) is 3.01. The number of hydrogen-bond donors (Lipinski definition) is 1. The Morgan fingerprint density at radius 1 is 1.24 bits per heavy atom. The lowest BCUT2D eigenvalue weighted by Crippen LogP contribution is -2.51. The summed E-state index contributed by atoms with van der Waals surface area (Å²) >= 11 is 0. The highest BCUT2D eigenvalue weighted by Crippen LogP contribution is 2.36. The van der Waals surface area contributed by atoms with Gasteiger partial charge in [0.15, 0.2) is 9.84 Å². The van der Waals surface area contributed by atoms with E-state index in [-0.39, 0.29) is 16.9 Å². The molecule has 0 heterocycles. The van der Waals surface area contributed by atoms with Crippen molar-refractivity contribution in [1.29, 1.82) is 0 Å². The van der Waals surface area contributed by atoms with Gasteiger partial charge >= 0.3 is 0 Å². The van der Waals surface area contributed by atoms with E-state index in [0.717, 1.165) is 12.8 Å².